The number of hydrogen-bond donors (Lipinski definition) is 0. The van der Waals surface area contributed by atoms with E-state index < -0.39 is 0 Å². The van der Waals surface area contributed by atoms with Crippen molar-refractivity contribution in [3.05, 3.63) is 257 Å². The summed E-state index contributed by atoms with van der Waals surface area (Å²) in [4.78, 5) is 77.6. The van der Waals surface area contributed by atoms with Crippen molar-refractivity contribution in [2.24, 2.45) is 0 Å². The minimum Gasteiger partial charge on any atom is -0.370 e. The van der Waals surface area contributed by atoms with Gasteiger partial charge in [-0.25, -0.2) is 0 Å². The molecule has 2 heterocycles. The molecule has 0 aliphatic carbocycles. The van der Waals surface area contributed by atoms with Crippen LogP contribution in [0.25, 0.3) is 17.0 Å². The number of ketones is 6. The second kappa shape index (κ2) is 27.0. The molecule has 0 N–H and O–H groups in total. The number of fused-ring (bicyclic) bond motifs is 3. The Morgan fingerprint density at radius 3 is 1.01 bits per heavy atom. The maximum Gasteiger partial charge on any atom is 0.170 e. The minimum absolute atomic E-state index is 0. The van der Waals surface area contributed by atoms with E-state index in [2.05, 4.69) is 54.2 Å². The van der Waals surface area contributed by atoms with Crippen LogP contribution in [0.2, 0.25) is 0 Å². The number of nitrogens with zero attached hydrogens (tertiary/aromatic N) is 2. The Labute approximate surface area is 438 Å². The fourth-order valence-corrected chi connectivity index (χ4v) is 7.09. The number of aryl methyl sites for hydroxylation is 1. The first-order chi connectivity index (χ1) is 32.6. The first-order valence-electron chi connectivity index (χ1n) is 21.8. The molecule has 8 nitrogen and oxygen atoms in total. The summed E-state index contributed by atoms with van der Waals surface area (Å²) in [6.45, 7) is 3.11. The Hall–Kier alpha value is -6.91. The fraction of sp³-hybridized carbons (Fsp3) is 0.102. The van der Waals surface area contributed by atoms with Gasteiger partial charge in [0, 0.05) is 119 Å². The standard InChI is InChI=1S/3C15H12O2.C14H14N2.Eu/c3*16-14(12-7-3-1-4-8-12)11-15(17)13-9-5-2-6-10-13;1-10-7-8-15-14-11(10)5-6-13-12(14)4-3-9-16(13)2;/h3*1-10H,11H2;3-8H,9H2,1-2H3;. The molecule has 1 aliphatic rings. The Kier molecular flexibility index (Phi) is 20.7. The predicted octanol–water partition coefficient (Wildman–Crippen LogP) is 12.4. The number of pyridine rings is 1. The normalized spacial score (nSPS) is 10.8. The molecule has 7 aromatic carbocycles. The molecular weight excluding hydrogens is 985 g/mol. The van der Waals surface area contributed by atoms with E-state index in [-0.39, 0.29) is 103 Å². The molecule has 0 bridgehead atoms. The number of aromatic nitrogens is 1. The quantitative estimate of drug-likeness (QED) is 0.0877. The number of hydrogen-bond acceptors (Lipinski definition) is 8. The van der Waals surface area contributed by atoms with E-state index in [4.69, 9.17) is 0 Å². The molecule has 0 amide bonds. The Bertz CT molecular complexity index is 2580. The first-order valence-corrected chi connectivity index (χ1v) is 21.8. The predicted molar refractivity (Wildman–Crippen MR) is 267 cm³/mol. The molecule has 0 atom stereocenters. The minimum atomic E-state index is -0.139. The molecule has 9 heteroatoms. The average Bonchev–Trinajstić information content (AvgIpc) is 3.38. The maximum absolute atomic E-state index is 11.8. The van der Waals surface area contributed by atoms with Crippen molar-refractivity contribution < 1.29 is 78.1 Å². The van der Waals surface area contributed by atoms with Crippen molar-refractivity contribution >= 4 is 57.4 Å². The monoisotopic (exact) mass is 1040 g/mol. The zero-order valence-corrected chi connectivity index (χ0v) is 40.3. The van der Waals surface area contributed by atoms with Gasteiger partial charge in [0.05, 0.1) is 24.8 Å². The maximum atomic E-state index is 11.8. The third-order valence-electron chi connectivity index (χ3n) is 10.8. The van der Waals surface area contributed by atoms with Crippen LogP contribution in [-0.2, 0) is 0 Å². The number of benzene rings is 7. The van der Waals surface area contributed by atoms with Gasteiger partial charge in [-0.1, -0.05) is 200 Å². The third-order valence-corrected chi connectivity index (χ3v) is 10.8. The van der Waals surface area contributed by atoms with Gasteiger partial charge in [-0.15, -0.1) is 0 Å². The Morgan fingerprint density at radius 2 is 0.721 bits per heavy atom. The molecule has 8 aromatic rings. The van der Waals surface area contributed by atoms with Crippen molar-refractivity contribution in [2.75, 3.05) is 18.5 Å². The van der Waals surface area contributed by atoms with Gasteiger partial charge in [-0.05, 0) is 24.6 Å². The number of carbonyl (C=O) groups excluding carboxylic acids is 6. The second-order valence-corrected chi connectivity index (χ2v) is 15.6. The van der Waals surface area contributed by atoms with Gasteiger partial charge in [0.2, 0.25) is 0 Å². The van der Waals surface area contributed by atoms with Gasteiger partial charge in [-0.2, -0.15) is 0 Å². The van der Waals surface area contributed by atoms with Crippen LogP contribution in [0.1, 0.15) is 92.5 Å². The molecule has 0 fully saturated rings. The Balaban J connectivity index is 0.000000169. The summed E-state index contributed by atoms with van der Waals surface area (Å²) in [5, 5.41) is 1.25. The summed E-state index contributed by atoms with van der Waals surface area (Å²) >= 11 is 0. The molecule has 0 saturated heterocycles. The molecule has 1 aliphatic heterocycles. The van der Waals surface area contributed by atoms with Gasteiger partial charge in [0.1, 0.15) is 0 Å². The number of Topliss-reactive ketones (excluding diaryl/α,β-unsaturated/α-hetero) is 6. The van der Waals surface area contributed by atoms with Crippen molar-refractivity contribution in [2.45, 2.75) is 26.2 Å². The SMILES string of the molecule is Cc1ccnc2c3c(ccc12)N(C)CC=C3.O=C(CC(=O)c1ccccc1)c1ccccc1.O=C(CC(=O)c1ccccc1)c1ccccc1.O=C(CC(=O)c1ccccc1)c1ccccc1.[Eu]. The van der Waals surface area contributed by atoms with Crippen LogP contribution in [-0.4, -0.2) is 53.3 Å². The van der Waals surface area contributed by atoms with E-state index in [1.54, 1.807) is 146 Å². The molecule has 339 valence electrons. The van der Waals surface area contributed by atoms with Gasteiger partial charge in [0.25, 0.3) is 0 Å². The summed E-state index contributed by atoms with van der Waals surface area (Å²) in [5.74, 6) is -0.836. The average molecular weight is 1040 g/mol. The number of anilines is 1. The number of likely N-dealkylation sites (N-methyl/N-ethyl adjacent to an activating group) is 1. The fourth-order valence-electron chi connectivity index (χ4n) is 7.09. The van der Waals surface area contributed by atoms with Crippen LogP contribution in [0.3, 0.4) is 0 Å². The summed E-state index contributed by atoms with van der Waals surface area (Å²) in [6.07, 6.45) is 6.03. The van der Waals surface area contributed by atoms with E-state index in [0.717, 1.165) is 12.1 Å². The van der Waals surface area contributed by atoms with Crippen LogP contribution < -0.4 is 4.90 Å². The zero-order valence-electron chi connectivity index (χ0n) is 37.8. The summed E-state index contributed by atoms with van der Waals surface area (Å²) in [5.41, 5.74) is 8.40. The zero-order chi connectivity index (χ0) is 47.4. The van der Waals surface area contributed by atoms with E-state index >= 15 is 0 Å². The topological polar surface area (TPSA) is 119 Å². The van der Waals surface area contributed by atoms with E-state index in [1.807, 2.05) is 42.6 Å². The Morgan fingerprint density at radius 1 is 0.426 bits per heavy atom. The molecule has 9 rings (SSSR count). The van der Waals surface area contributed by atoms with Crippen LogP contribution in [0.4, 0.5) is 5.69 Å². The van der Waals surface area contributed by atoms with E-state index in [1.165, 1.54) is 22.2 Å². The second-order valence-electron chi connectivity index (χ2n) is 15.6. The van der Waals surface area contributed by atoms with E-state index in [0.29, 0.717) is 33.4 Å². The molecule has 0 unspecified atom stereocenters. The molecular formula is C59H50EuN2O6. The molecule has 68 heavy (non-hydrogen) atoms. The van der Waals surface area contributed by atoms with E-state index in [9.17, 15) is 28.8 Å². The first kappa shape index (κ1) is 52.1. The van der Waals surface area contributed by atoms with Gasteiger partial charge >= 0.3 is 0 Å². The summed E-state index contributed by atoms with van der Waals surface area (Å²) in [6, 6.07) is 59.7. The molecule has 1 aromatic heterocycles. The largest absolute Gasteiger partial charge is 0.370 e. The van der Waals surface area contributed by atoms with Crippen LogP contribution in [0, 0.1) is 56.3 Å². The van der Waals surface area contributed by atoms with Crippen molar-refractivity contribution in [3.8, 4) is 0 Å². The number of carbonyl (C=O) groups is 6. The van der Waals surface area contributed by atoms with Crippen molar-refractivity contribution in [3.63, 3.8) is 0 Å². The van der Waals surface area contributed by atoms with Gasteiger partial charge in [-0.3, -0.25) is 33.8 Å². The molecule has 0 spiro atoms. The van der Waals surface area contributed by atoms with Crippen molar-refractivity contribution in [1.82, 2.24) is 4.98 Å². The third kappa shape index (κ3) is 15.3. The molecule has 1 radical (unpaired) electrons. The van der Waals surface area contributed by atoms with Crippen LogP contribution in [0.15, 0.2) is 212 Å². The van der Waals surface area contributed by atoms with Crippen LogP contribution in [0.5, 0.6) is 0 Å². The summed E-state index contributed by atoms with van der Waals surface area (Å²) in [7, 11) is 2.12. The molecule has 0 saturated carbocycles. The van der Waals surface area contributed by atoms with Crippen molar-refractivity contribution in [1.29, 1.82) is 0 Å². The van der Waals surface area contributed by atoms with Gasteiger partial charge < -0.3 is 4.90 Å². The number of rotatable bonds is 12. The van der Waals surface area contributed by atoms with Gasteiger partial charge in [0.15, 0.2) is 34.7 Å². The van der Waals surface area contributed by atoms with Crippen LogP contribution >= 0.6 is 0 Å². The summed E-state index contributed by atoms with van der Waals surface area (Å²) < 4.78 is 0. The smallest absolute Gasteiger partial charge is 0.170 e.